The standard InChI is InChI=1S/C13H14N2O7/c1-5-8-9(10(12(18)22-8)20-6(2)16)21-11(5)15-4-3-7(17)14-13(15)19/h3-5,8-11H,1-2H3,(H,14,17,19)/t5-,8+,9+,10-,11-/m0/s1. The Balaban J connectivity index is 1.90. The number of hydrogen-bond acceptors (Lipinski definition) is 7. The highest BCUT2D eigenvalue weighted by atomic mass is 16.7. The first-order valence-corrected chi connectivity index (χ1v) is 6.73. The van der Waals surface area contributed by atoms with Crippen molar-refractivity contribution in [3.05, 3.63) is 33.1 Å². The van der Waals surface area contributed by atoms with Gasteiger partial charge in [0.05, 0.1) is 0 Å². The monoisotopic (exact) mass is 310 g/mol. The molecule has 1 aromatic rings. The maximum Gasteiger partial charge on any atom is 0.350 e. The maximum absolute atomic E-state index is 11.9. The Morgan fingerprint density at radius 3 is 2.68 bits per heavy atom. The van der Waals surface area contributed by atoms with Crippen molar-refractivity contribution in [2.45, 2.75) is 38.4 Å². The van der Waals surface area contributed by atoms with Gasteiger partial charge in [0.25, 0.3) is 5.56 Å². The molecule has 1 N–H and O–H groups in total. The predicted octanol–water partition coefficient (Wildman–Crippen LogP) is -1.07. The fraction of sp³-hybridized carbons (Fsp3) is 0.538. The first kappa shape index (κ1) is 14.5. The number of nitrogens with one attached hydrogen (secondary N) is 1. The summed E-state index contributed by atoms with van der Waals surface area (Å²) in [6, 6.07) is 1.20. The van der Waals surface area contributed by atoms with Crippen molar-refractivity contribution in [1.29, 1.82) is 0 Å². The van der Waals surface area contributed by atoms with Gasteiger partial charge in [0, 0.05) is 25.1 Å². The van der Waals surface area contributed by atoms with Crippen LogP contribution in [0.15, 0.2) is 21.9 Å². The zero-order valence-electron chi connectivity index (χ0n) is 11.8. The molecular formula is C13H14N2O7. The molecule has 22 heavy (non-hydrogen) atoms. The molecule has 0 amide bonds. The van der Waals surface area contributed by atoms with Crippen LogP contribution in [0.1, 0.15) is 20.1 Å². The van der Waals surface area contributed by atoms with Crippen LogP contribution < -0.4 is 11.2 Å². The fourth-order valence-electron chi connectivity index (χ4n) is 2.82. The molecule has 1 aromatic heterocycles. The minimum atomic E-state index is -1.14. The van der Waals surface area contributed by atoms with Crippen LogP contribution in [-0.4, -0.2) is 39.8 Å². The van der Waals surface area contributed by atoms with Gasteiger partial charge in [-0.1, -0.05) is 6.92 Å². The fourth-order valence-corrected chi connectivity index (χ4v) is 2.82. The van der Waals surface area contributed by atoms with Gasteiger partial charge < -0.3 is 14.2 Å². The molecule has 2 fully saturated rings. The number of carbonyl (C=O) groups excluding carboxylic acids is 2. The number of nitrogens with zero attached hydrogens (tertiary/aromatic N) is 1. The highest BCUT2D eigenvalue weighted by Gasteiger charge is 2.57. The quantitative estimate of drug-likeness (QED) is 0.691. The Kier molecular flexibility index (Phi) is 3.36. The third-order valence-corrected chi connectivity index (χ3v) is 3.79. The Morgan fingerprint density at radius 1 is 1.32 bits per heavy atom. The summed E-state index contributed by atoms with van der Waals surface area (Å²) in [5, 5.41) is 0. The summed E-state index contributed by atoms with van der Waals surface area (Å²) in [6.45, 7) is 2.93. The van der Waals surface area contributed by atoms with Crippen molar-refractivity contribution in [2.24, 2.45) is 5.92 Å². The van der Waals surface area contributed by atoms with Crippen LogP contribution in [0, 0.1) is 5.92 Å². The lowest BCUT2D eigenvalue weighted by Gasteiger charge is -2.20. The van der Waals surface area contributed by atoms with E-state index in [0.29, 0.717) is 0 Å². The predicted molar refractivity (Wildman–Crippen MR) is 69.8 cm³/mol. The second-order valence-corrected chi connectivity index (χ2v) is 5.30. The van der Waals surface area contributed by atoms with E-state index in [1.807, 2.05) is 0 Å². The summed E-state index contributed by atoms with van der Waals surface area (Å²) in [7, 11) is 0. The zero-order chi connectivity index (χ0) is 16.0. The lowest BCUT2D eigenvalue weighted by atomic mass is 10.0. The smallest absolute Gasteiger partial charge is 0.350 e. The molecule has 0 bridgehead atoms. The van der Waals surface area contributed by atoms with Gasteiger partial charge in [0.15, 0.2) is 0 Å². The van der Waals surface area contributed by atoms with Gasteiger partial charge in [-0.15, -0.1) is 0 Å². The Hall–Kier alpha value is -2.42. The summed E-state index contributed by atoms with van der Waals surface area (Å²) >= 11 is 0. The number of aromatic amines is 1. The van der Waals surface area contributed by atoms with E-state index in [1.165, 1.54) is 23.8 Å². The molecule has 0 saturated carbocycles. The number of rotatable bonds is 2. The van der Waals surface area contributed by atoms with Crippen LogP contribution in [0.4, 0.5) is 0 Å². The van der Waals surface area contributed by atoms with Crippen LogP contribution in [-0.2, 0) is 23.8 Å². The molecule has 9 heteroatoms. The van der Waals surface area contributed by atoms with E-state index in [1.54, 1.807) is 6.92 Å². The van der Waals surface area contributed by atoms with Gasteiger partial charge in [0.1, 0.15) is 18.4 Å². The lowest BCUT2D eigenvalue weighted by molar-refractivity contribution is -0.166. The Morgan fingerprint density at radius 2 is 2.05 bits per heavy atom. The van der Waals surface area contributed by atoms with Gasteiger partial charge in [-0.05, 0) is 0 Å². The van der Waals surface area contributed by atoms with Crippen molar-refractivity contribution in [3.8, 4) is 0 Å². The molecule has 2 saturated heterocycles. The molecule has 118 valence electrons. The molecule has 2 aliphatic rings. The summed E-state index contributed by atoms with van der Waals surface area (Å²) < 4.78 is 17.1. The molecule has 0 aliphatic carbocycles. The summed E-state index contributed by atoms with van der Waals surface area (Å²) in [5.74, 6) is -1.63. The van der Waals surface area contributed by atoms with E-state index in [4.69, 9.17) is 14.2 Å². The van der Waals surface area contributed by atoms with Crippen molar-refractivity contribution < 1.29 is 23.8 Å². The summed E-state index contributed by atoms with van der Waals surface area (Å²) in [6.07, 6.45) is -1.97. The van der Waals surface area contributed by atoms with E-state index in [-0.39, 0.29) is 5.92 Å². The third kappa shape index (κ3) is 2.23. The first-order valence-electron chi connectivity index (χ1n) is 6.73. The number of fused-ring (bicyclic) bond motifs is 1. The van der Waals surface area contributed by atoms with Crippen LogP contribution >= 0.6 is 0 Å². The van der Waals surface area contributed by atoms with Crippen molar-refractivity contribution in [2.75, 3.05) is 0 Å². The van der Waals surface area contributed by atoms with Gasteiger partial charge in [-0.2, -0.15) is 0 Å². The largest absolute Gasteiger partial charge is 0.456 e. The molecule has 2 aliphatic heterocycles. The highest BCUT2D eigenvalue weighted by Crippen LogP contribution is 2.41. The van der Waals surface area contributed by atoms with Crippen molar-refractivity contribution in [1.82, 2.24) is 9.55 Å². The number of H-pyrrole nitrogens is 1. The average Bonchev–Trinajstić information content (AvgIpc) is 2.89. The Labute approximate surface area is 123 Å². The van der Waals surface area contributed by atoms with Gasteiger partial charge in [0.2, 0.25) is 6.10 Å². The van der Waals surface area contributed by atoms with E-state index >= 15 is 0 Å². The zero-order valence-corrected chi connectivity index (χ0v) is 11.8. The van der Waals surface area contributed by atoms with E-state index in [2.05, 4.69) is 4.98 Å². The second-order valence-electron chi connectivity index (χ2n) is 5.30. The van der Waals surface area contributed by atoms with Crippen LogP contribution in [0.3, 0.4) is 0 Å². The lowest BCUT2D eigenvalue weighted by Crippen LogP contribution is -2.36. The van der Waals surface area contributed by atoms with Gasteiger partial charge in [-0.3, -0.25) is 19.1 Å². The normalized spacial score (nSPS) is 33.4. The minimum Gasteiger partial charge on any atom is -0.456 e. The number of hydrogen-bond donors (Lipinski definition) is 1. The number of ether oxygens (including phenoxy) is 3. The van der Waals surface area contributed by atoms with Crippen LogP contribution in [0.2, 0.25) is 0 Å². The molecule has 9 nitrogen and oxygen atoms in total. The van der Waals surface area contributed by atoms with E-state index < -0.39 is 47.7 Å². The molecule has 5 atom stereocenters. The molecule has 0 aromatic carbocycles. The molecule has 0 unspecified atom stereocenters. The van der Waals surface area contributed by atoms with Crippen LogP contribution in [0.25, 0.3) is 0 Å². The minimum absolute atomic E-state index is 0.349. The Bertz CT molecular complexity index is 736. The third-order valence-electron chi connectivity index (χ3n) is 3.79. The molecule has 3 rings (SSSR count). The maximum atomic E-state index is 11.9. The summed E-state index contributed by atoms with van der Waals surface area (Å²) in [5.41, 5.74) is -1.14. The van der Waals surface area contributed by atoms with Crippen molar-refractivity contribution in [3.63, 3.8) is 0 Å². The SMILES string of the molecule is CC(=O)O[C@@H]1C(=O)O[C@@H]2[C@H](C)[C@@H](n3ccc(=O)[nH]c3=O)O[C@H]21. The molecule has 0 radical (unpaired) electrons. The number of aromatic nitrogens is 2. The first-order chi connectivity index (χ1) is 10.4. The van der Waals surface area contributed by atoms with E-state index in [0.717, 1.165) is 0 Å². The molecule has 3 heterocycles. The molecule has 0 spiro atoms. The summed E-state index contributed by atoms with van der Waals surface area (Å²) in [4.78, 5) is 47.9. The highest BCUT2D eigenvalue weighted by molar-refractivity contribution is 5.81. The van der Waals surface area contributed by atoms with Gasteiger partial charge >= 0.3 is 17.6 Å². The van der Waals surface area contributed by atoms with Crippen LogP contribution in [0.5, 0.6) is 0 Å². The molecular weight excluding hydrogens is 296 g/mol. The average molecular weight is 310 g/mol. The topological polar surface area (TPSA) is 117 Å². The van der Waals surface area contributed by atoms with E-state index in [9.17, 15) is 19.2 Å². The van der Waals surface area contributed by atoms with Gasteiger partial charge in [-0.25, -0.2) is 9.59 Å². The van der Waals surface area contributed by atoms with Crippen molar-refractivity contribution >= 4 is 11.9 Å². The number of esters is 2. The second kappa shape index (κ2) is 5.09. The number of carbonyl (C=O) groups is 2.